The molecule has 47 heavy (non-hydrogen) atoms. The van der Waals surface area contributed by atoms with Crippen LogP contribution < -0.4 is 4.74 Å². The maximum Gasteiger partial charge on any atom is 0.355 e. The molecule has 0 unspecified atom stereocenters. The molecule has 0 aliphatic heterocycles. The SMILES string of the molecule is CCOC(=O)c1c(CCCOc2cccc3ccccc23)c2cccc(-c3c(C)nn(C)c3CBr)c2n1CCCCc1ccccc1. The predicted molar refractivity (Wildman–Crippen MR) is 195 cm³/mol. The van der Waals surface area contributed by atoms with Crippen molar-refractivity contribution in [3.05, 3.63) is 119 Å². The predicted octanol–water partition coefficient (Wildman–Crippen LogP) is 9.61. The normalized spacial score (nSPS) is 11.4. The number of alkyl halides is 1. The molecular formula is C40H42BrN3O3. The van der Waals surface area contributed by atoms with E-state index >= 15 is 0 Å². The lowest BCUT2D eigenvalue weighted by molar-refractivity contribution is 0.0512. The maximum absolute atomic E-state index is 13.9. The Bertz CT molecular complexity index is 1990. The fourth-order valence-electron chi connectivity index (χ4n) is 6.80. The van der Waals surface area contributed by atoms with Crippen molar-refractivity contribution in [1.82, 2.24) is 14.3 Å². The van der Waals surface area contributed by atoms with Gasteiger partial charge in [0, 0.05) is 40.8 Å². The average molecular weight is 693 g/mol. The third-order valence-corrected chi connectivity index (χ3v) is 9.44. The van der Waals surface area contributed by atoms with Gasteiger partial charge in [0.05, 0.1) is 30.1 Å². The molecule has 6 nitrogen and oxygen atoms in total. The molecule has 4 aromatic carbocycles. The average Bonchev–Trinajstić information content (AvgIpc) is 3.57. The van der Waals surface area contributed by atoms with E-state index in [9.17, 15) is 4.79 Å². The van der Waals surface area contributed by atoms with Crippen LogP contribution in [0.4, 0.5) is 0 Å². The Kier molecular flexibility index (Phi) is 10.4. The van der Waals surface area contributed by atoms with Gasteiger partial charge in [-0.25, -0.2) is 4.79 Å². The molecule has 0 amide bonds. The summed E-state index contributed by atoms with van der Waals surface area (Å²) in [6.07, 6.45) is 4.38. The Labute approximate surface area is 285 Å². The van der Waals surface area contributed by atoms with E-state index < -0.39 is 0 Å². The Hall–Kier alpha value is -4.36. The fourth-order valence-corrected chi connectivity index (χ4v) is 7.44. The Morgan fingerprint density at radius 1 is 0.851 bits per heavy atom. The highest BCUT2D eigenvalue weighted by Crippen LogP contribution is 2.39. The minimum Gasteiger partial charge on any atom is -0.493 e. The lowest BCUT2D eigenvalue weighted by Crippen LogP contribution is -2.15. The van der Waals surface area contributed by atoms with Crippen molar-refractivity contribution >= 4 is 43.6 Å². The quantitative estimate of drug-likeness (QED) is 0.0648. The van der Waals surface area contributed by atoms with Crippen molar-refractivity contribution < 1.29 is 14.3 Å². The van der Waals surface area contributed by atoms with Crippen LogP contribution in [0.3, 0.4) is 0 Å². The summed E-state index contributed by atoms with van der Waals surface area (Å²) in [6, 6.07) is 31.5. The van der Waals surface area contributed by atoms with E-state index in [2.05, 4.69) is 94.2 Å². The van der Waals surface area contributed by atoms with Crippen LogP contribution in [0, 0.1) is 6.92 Å². The molecule has 0 bridgehead atoms. The largest absolute Gasteiger partial charge is 0.493 e. The summed E-state index contributed by atoms with van der Waals surface area (Å²) in [7, 11) is 1.99. The monoisotopic (exact) mass is 691 g/mol. The number of carbonyl (C=O) groups is 1. The minimum atomic E-state index is -0.272. The molecule has 2 aromatic heterocycles. The van der Waals surface area contributed by atoms with Gasteiger partial charge in [-0.1, -0.05) is 101 Å². The van der Waals surface area contributed by atoms with E-state index in [4.69, 9.17) is 14.6 Å². The molecule has 0 fully saturated rings. The standard InChI is InChI=1S/C40H42BrN3O3/c1-4-46-40(45)39-33(23-14-26-47-36-24-12-19-30-18-8-9-20-31(30)36)32-21-13-22-34(37-28(2)42-43(3)35(37)27-41)38(32)44(39)25-11-10-17-29-15-6-5-7-16-29/h5-9,12-13,15-16,18-22,24H,4,10-11,14,17,23,25-27H2,1-3H3. The number of hydrogen-bond acceptors (Lipinski definition) is 4. The summed E-state index contributed by atoms with van der Waals surface area (Å²) in [6.45, 7) is 5.50. The zero-order valence-corrected chi connectivity index (χ0v) is 29.1. The second kappa shape index (κ2) is 15.0. The lowest BCUT2D eigenvalue weighted by atomic mass is 9.98. The number of ether oxygens (including phenoxy) is 2. The molecule has 0 spiro atoms. The molecule has 242 valence electrons. The summed E-state index contributed by atoms with van der Waals surface area (Å²) in [5, 5.41) is 8.80. The van der Waals surface area contributed by atoms with Crippen LogP contribution in [0.2, 0.25) is 0 Å². The van der Waals surface area contributed by atoms with Gasteiger partial charge in [-0.15, -0.1) is 0 Å². The Morgan fingerprint density at radius 3 is 2.40 bits per heavy atom. The summed E-state index contributed by atoms with van der Waals surface area (Å²) < 4.78 is 16.3. The minimum absolute atomic E-state index is 0.272. The first-order valence-electron chi connectivity index (χ1n) is 16.6. The number of aryl methyl sites for hydroxylation is 5. The van der Waals surface area contributed by atoms with Gasteiger partial charge in [-0.3, -0.25) is 4.68 Å². The zero-order valence-electron chi connectivity index (χ0n) is 27.5. The van der Waals surface area contributed by atoms with E-state index in [1.807, 2.05) is 42.9 Å². The van der Waals surface area contributed by atoms with Gasteiger partial charge >= 0.3 is 5.97 Å². The van der Waals surface area contributed by atoms with Crippen LogP contribution in [0.15, 0.2) is 91.0 Å². The number of hydrogen-bond donors (Lipinski definition) is 0. The third kappa shape index (κ3) is 6.86. The topological polar surface area (TPSA) is 58.3 Å². The number of nitrogens with zero attached hydrogens (tertiary/aromatic N) is 3. The highest BCUT2D eigenvalue weighted by atomic mass is 79.9. The molecule has 2 heterocycles. The van der Waals surface area contributed by atoms with Gasteiger partial charge in [-0.2, -0.15) is 5.10 Å². The molecule has 0 saturated carbocycles. The molecule has 0 N–H and O–H groups in total. The summed E-state index contributed by atoms with van der Waals surface area (Å²) in [5.74, 6) is 0.609. The van der Waals surface area contributed by atoms with Gasteiger partial charge in [0.1, 0.15) is 11.4 Å². The molecule has 6 rings (SSSR count). The number of fused-ring (bicyclic) bond motifs is 2. The van der Waals surface area contributed by atoms with Gasteiger partial charge in [0.25, 0.3) is 0 Å². The smallest absolute Gasteiger partial charge is 0.355 e. The molecule has 7 heteroatoms. The Balaban J connectivity index is 1.38. The van der Waals surface area contributed by atoms with Gasteiger partial charge in [0.15, 0.2) is 0 Å². The third-order valence-electron chi connectivity index (χ3n) is 8.91. The second-order valence-corrected chi connectivity index (χ2v) is 12.5. The van der Waals surface area contributed by atoms with Crippen LogP contribution in [0.25, 0.3) is 32.8 Å². The number of esters is 1. The molecule has 0 aliphatic rings. The van der Waals surface area contributed by atoms with E-state index in [-0.39, 0.29) is 5.97 Å². The number of benzene rings is 4. The van der Waals surface area contributed by atoms with E-state index in [1.54, 1.807) is 0 Å². The maximum atomic E-state index is 13.9. The van der Waals surface area contributed by atoms with Crippen LogP contribution in [-0.2, 0) is 36.5 Å². The van der Waals surface area contributed by atoms with Crippen LogP contribution in [-0.4, -0.2) is 33.5 Å². The van der Waals surface area contributed by atoms with Gasteiger partial charge < -0.3 is 14.0 Å². The van der Waals surface area contributed by atoms with Crippen molar-refractivity contribution in [2.75, 3.05) is 13.2 Å². The second-order valence-electron chi connectivity index (χ2n) is 11.9. The first kappa shape index (κ1) is 32.6. The first-order chi connectivity index (χ1) is 23.0. The number of para-hydroxylation sites is 1. The number of aromatic nitrogens is 3. The summed E-state index contributed by atoms with van der Waals surface area (Å²) in [4.78, 5) is 13.9. The number of unbranched alkanes of at least 4 members (excludes halogenated alkanes) is 1. The molecule has 0 aliphatic carbocycles. The van der Waals surface area contributed by atoms with Crippen LogP contribution in [0.5, 0.6) is 5.75 Å². The highest BCUT2D eigenvalue weighted by molar-refractivity contribution is 9.08. The highest BCUT2D eigenvalue weighted by Gasteiger charge is 2.27. The lowest BCUT2D eigenvalue weighted by Gasteiger charge is -2.14. The van der Waals surface area contributed by atoms with Crippen molar-refractivity contribution in [2.24, 2.45) is 7.05 Å². The van der Waals surface area contributed by atoms with E-state index in [0.29, 0.717) is 37.2 Å². The van der Waals surface area contributed by atoms with Crippen molar-refractivity contribution in [3.8, 4) is 16.9 Å². The number of rotatable bonds is 14. The van der Waals surface area contributed by atoms with Crippen LogP contribution in [0.1, 0.15) is 59.2 Å². The molecule has 0 saturated heterocycles. The van der Waals surface area contributed by atoms with Crippen LogP contribution >= 0.6 is 15.9 Å². The van der Waals surface area contributed by atoms with Gasteiger partial charge in [0.2, 0.25) is 0 Å². The number of halogens is 1. The Morgan fingerprint density at radius 2 is 1.60 bits per heavy atom. The molecular weight excluding hydrogens is 650 g/mol. The van der Waals surface area contributed by atoms with Gasteiger partial charge in [-0.05, 0) is 68.5 Å². The van der Waals surface area contributed by atoms with Crippen molar-refractivity contribution in [1.29, 1.82) is 0 Å². The molecule has 0 atom stereocenters. The summed E-state index contributed by atoms with van der Waals surface area (Å²) >= 11 is 3.71. The number of carbonyl (C=O) groups excluding carboxylic acids is 1. The first-order valence-corrected chi connectivity index (χ1v) is 17.7. The van der Waals surface area contributed by atoms with E-state index in [0.717, 1.165) is 81.2 Å². The molecule has 0 radical (unpaired) electrons. The van der Waals surface area contributed by atoms with Crippen molar-refractivity contribution in [3.63, 3.8) is 0 Å². The summed E-state index contributed by atoms with van der Waals surface area (Å²) in [5.41, 5.74) is 8.35. The van der Waals surface area contributed by atoms with E-state index in [1.165, 1.54) is 5.56 Å². The van der Waals surface area contributed by atoms with Crippen molar-refractivity contribution in [2.45, 2.75) is 57.8 Å². The zero-order chi connectivity index (χ0) is 32.8. The molecule has 6 aromatic rings. The fraction of sp³-hybridized carbons (Fsp3) is 0.300.